The molecule has 2 amide bonds. The van der Waals surface area contributed by atoms with Gasteiger partial charge >= 0.3 is 5.97 Å². The van der Waals surface area contributed by atoms with Crippen LogP contribution in [-0.2, 0) is 19.1 Å². The summed E-state index contributed by atoms with van der Waals surface area (Å²) in [6.07, 6.45) is 36.7. The molecule has 4 N–H and O–H groups in total. The van der Waals surface area contributed by atoms with Crippen molar-refractivity contribution in [2.45, 2.75) is 239 Å². The normalized spacial score (nSPS) is 11.7. The number of unbranched alkanes of at least 4 members (excludes halogenated alkanes) is 26. The third-order valence-corrected chi connectivity index (χ3v) is 9.99. The van der Waals surface area contributed by atoms with Gasteiger partial charge in [-0.25, -0.2) is 4.79 Å². The van der Waals surface area contributed by atoms with Gasteiger partial charge in [0.25, 0.3) is 0 Å². The average Bonchev–Trinajstić information content (AvgIpc) is 3.11. The topological polar surface area (TPSA) is 128 Å². The largest absolute Gasteiger partial charge is 0.464 e. The zero-order valence-corrected chi connectivity index (χ0v) is 34.0. The number of rotatable bonds is 38. The van der Waals surface area contributed by atoms with E-state index in [0.717, 1.165) is 38.5 Å². The van der Waals surface area contributed by atoms with E-state index in [1.807, 2.05) is 6.92 Å². The van der Waals surface area contributed by atoms with E-state index in [-0.39, 0.29) is 43.6 Å². The molecule has 0 unspecified atom stereocenters. The minimum absolute atomic E-state index is 0.0142. The summed E-state index contributed by atoms with van der Waals surface area (Å²) in [7, 11) is 0. The molecule has 0 heterocycles. The van der Waals surface area contributed by atoms with E-state index in [4.69, 9.17) is 16.2 Å². The highest BCUT2D eigenvalue weighted by Crippen LogP contribution is 2.19. The SMILES string of the molecule is CCCCCCCCCCCCCCCCCC(=O)N(C(=O)CCCCCCCCCCCCCCC)[C@@H](CCCN=C(N)N)C(=O)OCCC. The van der Waals surface area contributed by atoms with Crippen LogP contribution in [0.1, 0.15) is 233 Å². The molecular weight excluding hydrogens is 636 g/mol. The zero-order chi connectivity index (χ0) is 37.6. The smallest absolute Gasteiger partial charge is 0.329 e. The van der Waals surface area contributed by atoms with Gasteiger partial charge < -0.3 is 16.2 Å². The van der Waals surface area contributed by atoms with Crippen LogP contribution < -0.4 is 11.5 Å². The van der Waals surface area contributed by atoms with Gasteiger partial charge in [-0.3, -0.25) is 19.5 Å². The van der Waals surface area contributed by atoms with Crippen molar-refractivity contribution < 1.29 is 19.1 Å². The second kappa shape index (κ2) is 37.6. The van der Waals surface area contributed by atoms with Gasteiger partial charge in [-0.15, -0.1) is 0 Å². The molecule has 0 aliphatic heterocycles. The number of ether oxygens (including phenoxy) is 1. The lowest BCUT2D eigenvalue weighted by molar-refractivity contribution is -0.162. The summed E-state index contributed by atoms with van der Waals surface area (Å²) in [4.78, 5) is 45.8. The highest BCUT2D eigenvalue weighted by molar-refractivity contribution is 5.99. The lowest BCUT2D eigenvalue weighted by Crippen LogP contribution is -2.49. The molecule has 0 saturated heterocycles. The minimum atomic E-state index is -0.941. The maximum absolute atomic E-state index is 13.6. The van der Waals surface area contributed by atoms with Crippen LogP contribution in [0.5, 0.6) is 0 Å². The van der Waals surface area contributed by atoms with Gasteiger partial charge in [0.2, 0.25) is 11.8 Å². The molecule has 0 aromatic carbocycles. The maximum Gasteiger partial charge on any atom is 0.329 e. The summed E-state index contributed by atoms with van der Waals surface area (Å²) < 4.78 is 5.50. The second-order valence-electron chi connectivity index (χ2n) is 15.0. The van der Waals surface area contributed by atoms with Gasteiger partial charge in [0.1, 0.15) is 6.04 Å². The molecule has 300 valence electrons. The summed E-state index contributed by atoms with van der Waals surface area (Å²) in [6, 6.07) is -0.941. The van der Waals surface area contributed by atoms with E-state index in [2.05, 4.69) is 18.8 Å². The molecule has 0 fully saturated rings. The number of aliphatic imine (C=N–C) groups is 1. The minimum Gasteiger partial charge on any atom is -0.464 e. The van der Waals surface area contributed by atoms with Gasteiger partial charge in [-0.1, -0.05) is 188 Å². The van der Waals surface area contributed by atoms with Crippen LogP contribution in [0.15, 0.2) is 4.99 Å². The fourth-order valence-electron chi connectivity index (χ4n) is 6.81. The van der Waals surface area contributed by atoms with Crippen molar-refractivity contribution in [3.8, 4) is 0 Å². The predicted octanol–water partition coefficient (Wildman–Crippen LogP) is 11.5. The molecule has 0 aliphatic rings. The van der Waals surface area contributed by atoms with E-state index in [0.29, 0.717) is 19.4 Å². The molecule has 0 bridgehead atoms. The van der Waals surface area contributed by atoms with E-state index in [1.165, 1.54) is 146 Å². The number of nitrogens with zero attached hydrogens (tertiary/aromatic N) is 2. The van der Waals surface area contributed by atoms with Gasteiger partial charge in [0, 0.05) is 19.4 Å². The molecule has 0 aliphatic carbocycles. The molecular formula is C43H84N4O4. The second-order valence-corrected chi connectivity index (χ2v) is 15.0. The average molecular weight is 721 g/mol. The monoisotopic (exact) mass is 721 g/mol. The first kappa shape index (κ1) is 48.9. The van der Waals surface area contributed by atoms with Crippen molar-refractivity contribution >= 4 is 23.7 Å². The Labute approximate surface area is 315 Å². The predicted molar refractivity (Wildman–Crippen MR) is 217 cm³/mol. The number of amides is 2. The molecule has 0 aromatic heterocycles. The van der Waals surface area contributed by atoms with Crippen molar-refractivity contribution in [1.29, 1.82) is 0 Å². The molecule has 0 spiro atoms. The fraction of sp³-hybridized carbons (Fsp3) is 0.907. The Morgan fingerprint density at radius 2 is 0.824 bits per heavy atom. The highest BCUT2D eigenvalue weighted by Gasteiger charge is 2.34. The van der Waals surface area contributed by atoms with E-state index < -0.39 is 12.0 Å². The van der Waals surface area contributed by atoms with E-state index in [1.54, 1.807) is 0 Å². The first-order valence-corrected chi connectivity index (χ1v) is 22.0. The van der Waals surface area contributed by atoms with Gasteiger partial charge in [0.15, 0.2) is 5.96 Å². The Hall–Kier alpha value is -2.12. The first-order valence-electron chi connectivity index (χ1n) is 22.0. The summed E-state index contributed by atoms with van der Waals surface area (Å²) in [5.74, 6) is -1.04. The van der Waals surface area contributed by atoms with Crippen LogP contribution >= 0.6 is 0 Å². The summed E-state index contributed by atoms with van der Waals surface area (Å²) in [6.45, 7) is 7.04. The van der Waals surface area contributed by atoms with Crippen LogP contribution in [0.4, 0.5) is 0 Å². The lowest BCUT2D eigenvalue weighted by atomic mass is 10.0. The van der Waals surface area contributed by atoms with Crippen LogP contribution in [0, 0.1) is 0 Å². The Morgan fingerprint density at radius 3 is 1.14 bits per heavy atom. The lowest BCUT2D eigenvalue weighted by Gasteiger charge is -2.29. The molecule has 0 radical (unpaired) electrons. The molecule has 0 aromatic rings. The Bertz CT molecular complexity index is 846. The van der Waals surface area contributed by atoms with Gasteiger partial charge in [0.05, 0.1) is 6.61 Å². The number of esters is 1. The third kappa shape index (κ3) is 31.2. The van der Waals surface area contributed by atoms with Crippen LogP contribution in [0.3, 0.4) is 0 Å². The summed E-state index contributed by atoms with van der Waals surface area (Å²) in [5.41, 5.74) is 11.0. The Kier molecular flexibility index (Phi) is 36.1. The first-order chi connectivity index (χ1) is 24.9. The Balaban J connectivity index is 4.78. The van der Waals surface area contributed by atoms with Crippen LogP contribution in [0.25, 0.3) is 0 Å². The molecule has 0 rings (SSSR count). The molecule has 8 nitrogen and oxygen atoms in total. The van der Waals surface area contributed by atoms with Crippen molar-refractivity contribution in [3.05, 3.63) is 0 Å². The van der Waals surface area contributed by atoms with Crippen LogP contribution in [0.2, 0.25) is 0 Å². The van der Waals surface area contributed by atoms with E-state index >= 15 is 0 Å². The Morgan fingerprint density at radius 1 is 0.490 bits per heavy atom. The van der Waals surface area contributed by atoms with Crippen molar-refractivity contribution in [3.63, 3.8) is 0 Å². The standard InChI is InChI=1S/C43H84N4O4/c1-4-7-9-11-13-15-17-19-20-22-24-26-28-30-32-36-41(49)47(39(42(50)51-38-6-3)34-33-37-46-43(44)45)40(48)35-31-29-27-25-23-21-18-16-14-12-10-8-5-2/h39H,4-38H2,1-3H3,(H4,44,45,46)/t39-/m0/s1. The molecule has 0 saturated carbocycles. The quantitative estimate of drug-likeness (QED) is 0.0283. The van der Waals surface area contributed by atoms with Crippen molar-refractivity contribution in [1.82, 2.24) is 4.90 Å². The van der Waals surface area contributed by atoms with Crippen molar-refractivity contribution in [2.24, 2.45) is 16.5 Å². The number of carbonyl (C=O) groups is 3. The number of hydrogen-bond acceptors (Lipinski definition) is 5. The number of hydrogen-bond donors (Lipinski definition) is 2. The number of carbonyl (C=O) groups excluding carboxylic acids is 3. The third-order valence-electron chi connectivity index (χ3n) is 9.99. The van der Waals surface area contributed by atoms with Gasteiger partial charge in [-0.2, -0.15) is 0 Å². The number of imide groups is 1. The number of nitrogens with two attached hydrogens (primary N) is 2. The fourth-order valence-corrected chi connectivity index (χ4v) is 6.81. The highest BCUT2D eigenvalue weighted by atomic mass is 16.5. The molecule has 51 heavy (non-hydrogen) atoms. The van der Waals surface area contributed by atoms with E-state index in [9.17, 15) is 14.4 Å². The zero-order valence-electron chi connectivity index (χ0n) is 34.0. The van der Waals surface area contributed by atoms with Crippen molar-refractivity contribution in [2.75, 3.05) is 13.2 Å². The molecule has 1 atom stereocenters. The van der Waals surface area contributed by atoms with Gasteiger partial charge in [-0.05, 0) is 32.1 Å². The summed E-state index contributed by atoms with van der Waals surface area (Å²) >= 11 is 0. The molecule has 8 heteroatoms. The maximum atomic E-state index is 13.6. The summed E-state index contributed by atoms with van der Waals surface area (Å²) in [5, 5.41) is 0. The van der Waals surface area contributed by atoms with Crippen LogP contribution in [-0.4, -0.2) is 47.8 Å². The number of guanidine groups is 1.